The Morgan fingerprint density at radius 3 is 2.25 bits per heavy atom. The molecular weight excluding hydrogens is 515 g/mol. The molecule has 0 radical (unpaired) electrons. The highest BCUT2D eigenvalue weighted by atomic mass is 32.2. The van der Waals surface area contributed by atoms with Crippen LogP contribution in [0.25, 0.3) is 0 Å². The van der Waals surface area contributed by atoms with E-state index in [9.17, 15) is 26.4 Å². The largest absolute Gasteiger partial charge is 0.417 e. The number of anilines is 1. The van der Waals surface area contributed by atoms with E-state index in [1.54, 1.807) is 24.8 Å². The van der Waals surface area contributed by atoms with Gasteiger partial charge in [0.25, 0.3) is 5.91 Å². The monoisotopic (exact) mass is 545 g/mol. The number of hydrogen-bond donors (Lipinski definition) is 0. The fourth-order valence-corrected chi connectivity index (χ4v) is 5.84. The van der Waals surface area contributed by atoms with Crippen LogP contribution in [0, 0.1) is 11.3 Å². The first kappa shape index (κ1) is 28.3. The number of unbranched alkanes of at least 4 members (excludes halogenated alkanes) is 2. The minimum Gasteiger partial charge on any atom is -0.334 e. The predicted octanol–water partition coefficient (Wildman–Crippen LogP) is 3.04. The van der Waals surface area contributed by atoms with Gasteiger partial charge in [0.2, 0.25) is 10.0 Å². The zero-order chi connectivity index (χ0) is 26.9. The quantitative estimate of drug-likeness (QED) is 0.367. The molecule has 0 spiro atoms. The number of hydrogen-bond acceptors (Lipinski definition) is 6. The fraction of sp³-hybridized carbons (Fsp3) is 0.609. The Labute approximate surface area is 215 Å². The van der Waals surface area contributed by atoms with Gasteiger partial charge in [0.15, 0.2) is 5.11 Å². The molecule has 2 heterocycles. The van der Waals surface area contributed by atoms with Crippen molar-refractivity contribution < 1.29 is 26.4 Å². The van der Waals surface area contributed by atoms with Crippen LogP contribution in [-0.4, -0.2) is 84.6 Å². The average molecular weight is 546 g/mol. The van der Waals surface area contributed by atoms with Crippen molar-refractivity contribution in [1.82, 2.24) is 14.1 Å². The molecule has 13 heteroatoms. The number of sulfonamides is 1. The number of rotatable bonds is 8. The Bertz CT molecular complexity index is 1160. The molecule has 0 aromatic heterocycles. The summed E-state index contributed by atoms with van der Waals surface area (Å²) >= 11 is 5.51. The summed E-state index contributed by atoms with van der Waals surface area (Å²) in [7, 11) is -3.16. The number of thiocarbonyl (C=S) groups is 1. The highest BCUT2D eigenvalue weighted by Crippen LogP contribution is 2.38. The van der Waals surface area contributed by atoms with Crippen molar-refractivity contribution in [2.45, 2.75) is 44.8 Å². The Balaban J connectivity index is 1.58. The lowest BCUT2D eigenvalue weighted by Gasteiger charge is -2.33. The minimum atomic E-state index is -4.74. The molecule has 36 heavy (non-hydrogen) atoms. The zero-order valence-electron chi connectivity index (χ0n) is 20.5. The van der Waals surface area contributed by atoms with E-state index in [2.05, 4.69) is 4.90 Å². The number of benzene rings is 1. The van der Waals surface area contributed by atoms with Gasteiger partial charge in [-0.25, -0.2) is 8.42 Å². The summed E-state index contributed by atoms with van der Waals surface area (Å²) in [5.74, 6) is -0.422. The number of amides is 1. The number of alkyl halides is 3. The smallest absolute Gasteiger partial charge is 0.334 e. The van der Waals surface area contributed by atoms with Crippen LogP contribution in [0.3, 0.4) is 0 Å². The molecule has 2 aliphatic rings. The SMILES string of the molecule is CC1(C)C(=O)N(c2ccc(C#N)c(C(F)(F)F)c2)C(=S)N1CCCCCN1CCN(S(C)(=O)=O)CC1. The van der Waals surface area contributed by atoms with Gasteiger partial charge in [0.1, 0.15) is 5.54 Å². The Morgan fingerprint density at radius 1 is 1.08 bits per heavy atom. The zero-order valence-corrected chi connectivity index (χ0v) is 22.1. The standard InChI is InChI=1S/C23H30F3N5O3S2/c1-22(2)20(32)31(18-8-7-17(16-27)19(15-18)23(24,25)26)21(35)30(22)10-6-4-5-9-28-11-13-29(14-12-28)36(3,33)34/h7-8,15H,4-6,9-14H2,1-3H3. The second-order valence-electron chi connectivity index (χ2n) is 9.54. The van der Waals surface area contributed by atoms with Gasteiger partial charge in [0, 0.05) is 32.7 Å². The van der Waals surface area contributed by atoms with Gasteiger partial charge in [-0.1, -0.05) is 6.42 Å². The first-order chi connectivity index (χ1) is 16.7. The fourth-order valence-electron chi connectivity index (χ4n) is 4.51. The van der Waals surface area contributed by atoms with Crippen LogP contribution in [0.4, 0.5) is 18.9 Å². The van der Waals surface area contributed by atoms with E-state index in [4.69, 9.17) is 17.5 Å². The van der Waals surface area contributed by atoms with Gasteiger partial charge < -0.3 is 9.80 Å². The first-order valence-electron chi connectivity index (χ1n) is 11.6. The lowest BCUT2D eigenvalue weighted by molar-refractivity contribution is -0.137. The summed E-state index contributed by atoms with van der Waals surface area (Å²) in [5, 5.41) is 9.18. The maximum absolute atomic E-state index is 13.4. The van der Waals surface area contributed by atoms with E-state index in [-0.39, 0.29) is 10.8 Å². The van der Waals surface area contributed by atoms with Crippen molar-refractivity contribution in [2.24, 2.45) is 0 Å². The number of piperazine rings is 1. The molecule has 8 nitrogen and oxygen atoms in total. The average Bonchev–Trinajstić information content (AvgIpc) is 2.96. The maximum atomic E-state index is 13.4. The van der Waals surface area contributed by atoms with E-state index in [1.807, 2.05) is 0 Å². The van der Waals surface area contributed by atoms with E-state index < -0.39 is 38.8 Å². The van der Waals surface area contributed by atoms with Crippen molar-refractivity contribution in [3.05, 3.63) is 29.3 Å². The number of nitrogens with zero attached hydrogens (tertiary/aromatic N) is 5. The van der Waals surface area contributed by atoms with Gasteiger partial charge in [-0.3, -0.25) is 9.69 Å². The minimum absolute atomic E-state index is 0.0138. The van der Waals surface area contributed by atoms with Crippen LogP contribution in [0.2, 0.25) is 0 Å². The molecular formula is C23H30F3N5O3S2. The molecule has 0 unspecified atom stereocenters. The summed E-state index contributed by atoms with van der Waals surface area (Å²) in [6.07, 6.45) is -1.05. The third kappa shape index (κ3) is 5.99. The molecule has 0 aliphatic carbocycles. The number of nitriles is 1. The number of halogens is 3. The van der Waals surface area contributed by atoms with Crippen molar-refractivity contribution >= 4 is 38.9 Å². The summed E-state index contributed by atoms with van der Waals surface area (Å²) < 4.78 is 65.1. The lowest BCUT2D eigenvalue weighted by Crippen LogP contribution is -2.48. The van der Waals surface area contributed by atoms with E-state index in [1.165, 1.54) is 16.6 Å². The molecule has 0 saturated carbocycles. The maximum Gasteiger partial charge on any atom is 0.417 e. The van der Waals surface area contributed by atoms with Crippen LogP contribution in [0.15, 0.2) is 18.2 Å². The van der Waals surface area contributed by atoms with Crippen LogP contribution in [0.5, 0.6) is 0 Å². The third-order valence-corrected chi connectivity index (χ3v) is 8.37. The van der Waals surface area contributed by atoms with Gasteiger partial charge >= 0.3 is 6.18 Å². The lowest BCUT2D eigenvalue weighted by atomic mass is 10.0. The highest BCUT2D eigenvalue weighted by molar-refractivity contribution is 7.88. The summed E-state index contributed by atoms with van der Waals surface area (Å²) in [5.41, 5.74) is -2.66. The number of carbonyl (C=O) groups excluding carboxylic acids is 1. The third-order valence-electron chi connectivity index (χ3n) is 6.67. The van der Waals surface area contributed by atoms with Crippen LogP contribution in [0.1, 0.15) is 44.2 Å². The molecule has 0 N–H and O–H groups in total. The van der Waals surface area contributed by atoms with E-state index in [0.717, 1.165) is 42.8 Å². The molecule has 2 aliphatic heterocycles. The van der Waals surface area contributed by atoms with Crippen molar-refractivity contribution in [2.75, 3.05) is 50.4 Å². The first-order valence-corrected chi connectivity index (χ1v) is 13.9. The Hall–Kier alpha value is -2.27. The topological polar surface area (TPSA) is 88.0 Å². The second kappa shape index (κ2) is 10.6. The van der Waals surface area contributed by atoms with Crippen LogP contribution < -0.4 is 4.90 Å². The molecule has 3 rings (SSSR count). The van der Waals surface area contributed by atoms with Gasteiger partial charge in [-0.05, 0) is 63.7 Å². The molecule has 1 aromatic rings. The summed E-state index contributed by atoms with van der Waals surface area (Å²) in [6.45, 7) is 7.03. The molecule has 0 atom stereocenters. The Kier molecular flexibility index (Phi) is 8.34. The predicted molar refractivity (Wildman–Crippen MR) is 134 cm³/mol. The normalized spacial score (nSPS) is 19.7. The van der Waals surface area contributed by atoms with Crippen molar-refractivity contribution in [3.8, 4) is 6.07 Å². The molecule has 2 fully saturated rings. The summed E-state index contributed by atoms with van der Waals surface area (Å²) in [4.78, 5) is 18.2. The summed E-state index contributed by atoms with van der Waals surface area (Å²) in [6, 6.07) is 4.70. The molecule has 1 aromatic carbocycles. The van der Waals surface area contributed by atoms with Crippen molar-refractivity contribution in [3.63, 3.8) is 0 Å². The molecule has 198 valence electrons. The van der Waals surface area contributed by atoms with Gasteiger partial charge in [-0.15, -0.1) is 0 Å². The van der Waals surface area contributed by atoms with E-state index in [0.29, 0.717) is 32.7 Å². The Morgan fingerprint density at radius 2 is 1.69 bits per heavy atom. The van der Waals surface area contributed by atoms with Gasteiger partial charge in [-0.2, -0.15) is 22.7 Å². The van der Waals surface area contributed by atoms with Crippen molar-refractivity contribution in [1.29, 1.82) is 5.26 Å². The van der Waals surface area contributed by atoms with E-state index >= 15 is 0 Å². The van der Waals surface area contributed by atoms with Crippen LogP contribution in [-0.2, 0) is 21.0 Å². The van der Waals surface area contributed by atoms with Crippen LogP contribution >= 0.6 is 12.2 Å². The van der Waals surface area contributed by atoms with Gasteiger partial charge in [0.05, 0.1) is 29.1 Å². The molecule has 1 amide bonds. The molecule has 0 bridgehead atoms. The molecule has 2 saturated heterocycles. The highest BCUT2D eigenvalue weighted by Gasteiger charge is 2.49. The number of carbonyl (C=O) groups is 1. The second-order valence-corrected chi connectivity index (χ2v) is 11.9.